The third-order valence-electron chi connectivity index (χ3n) is 3.94. The van der Waals surface area contributed by atoms with Crippen molar-refractivity contribution in [1.82, 2.24) is 4.98 Å². The lowest BCUT2D eigenvalue weighted by Gasteiger charge is -2.11. The van der Waals surface area contributed by atoms with Gasteiger partial charge >= 0.3 is 5.97 Å². The summed E-state index contributed by atoms with van der Waals surface area (Å²) in [5, 5.41) is 11.4. The van der Waals surface area contributed by atoms with Crippen molar-refractivity contribution >= 4 is 40.1 Å². The summed E-state index contributed by atoms with van der Waals surface area (Å²) in [7, 11) is 0. The molecular weight excluding hydrogens is 368 g/mol. The molecule has 0 aliphatic rings. The van der Waals surface area contributed by atoms with Crippen LogP contribution in [0.2, 0.25) is 0 Å². The van der Waals surface area contributed by atoms with Crippen LogP contribution in [-0.2, 0) is 9.53 Å². The van der Waals surface area contributed by atoms with Crippen LogP contribution in [-0.4, -0.2) is 33.5 Å². The van der Waals surface area contributed by atoms with Crippen molar-refractivity contribution in [2.24, 2.45) is 0 Å². The summed E-state index contributed by atoms with van der Waals surface area (Å²) < 4.78 is 5.24. The average Bonchev–Trinajstić information content (AvgIpc) is 3.10. The first-order valence-electron chi connectivity index (χ1n) is 8.13. The fraction of sp³-hybridized carbons (Fsp3) is 0.158. The predicted octanol–water partition coefficient (Wildman–Crippen LogP) is 3.98. The molecule has 0 radical (unpaired) electrons. The number of hydrogen-bond acceptors (Lipinski definition) is 6. The third-order valence-corrected chi connectivity index (χ3v) is 4.92. The number of Topliss-reactive ketones (excluding diaryl/α,β-unsaturated/α-hetero) is 1. The maximum absolute atomic E-state index is 12.6. The van der Waals surface area contributed by atoms with E-state index in [4.69, 9.17) is 4.74 Å². The van der Waals surface area contributed by atoms with E-state index in [1.54, 1.807) is 25.3 Å². The summed E-state index contributed by atoms with van der Waals surface area (Å²) in [6.07, 6.45) is 0.706. The number of carbonyl (C=O) groups is 2. The highest BCUT2D eigenvalue weighted by atomic mass is 32.2. The van der Waals surface area contributed by atoms with Gasteiger partial charge in [0, 0.05) is 39.7 Å². The molecule has 0 amide bonds. The number of non-ortho nitro benzene ring substituents is 1. The highest BCUT2D eigenvalue weighted by Crippen LogP contribution is 2.23. The van der Waals surface area contributed by atoms with Gasteiger partial charge in [0.1, 0.15) is 0 Å². The van der Waals surface area contributed by atoms with E-state index < -0.39 is 17.0 Å². The smallest absolute Gasteiger partial charge is 0.316 e. The number of nitro benzene ring substituents is 1. The van der Waals surface area contributed by atoms with E-state index in [0.29, 0.717) is 10.5 Å². The Morgan fingerprint density at radius 2 is 1.89 bits per heavy atom. The second kappa shape index (κ2) is 8.05. The molecule has 1 heterocycles. The molecule has 0 unspecified atom stereocenters. The van der Waals surface area contributed by atoms with Gasteiger partial charge in [-0.1, -0.05) is 18.2 Å². The lowest BCUT2D eigenvalue weighted by atomic mass is 10.1. The standard InChI is InChI=1S/C19H16N2O5S/c1-12(19(23)16-10-20-17-5-3-2-4-15(16)17)26-18(22)11-27-14-8-6-13(7-9-14)21(24)25/h2-10,12,20H,11H2,1H3/t12-/m0/s1. The van der Waals surface area contributed by atoms with Crippen LogP contribution in [0.15, 0.2) is 59.6 Å². The lowest BCUT2D eigenvalue weighted by molar-refractivity contribution is -0.384. The average molecular weight is 384 g/mol. The van der Waals surface area contributed by atoms with Crippen molar-refractivity contribution in [3.63, 3.8) is 0 Å². The van der Waals surface area contributed by atoms with Crippen LogP contribution in [0.5, 0.6) is 0 Å². The number of esters is 1. The maximum Gasteiger partial charge on any atom is 0.316 e. The molecule has 3 rings (SSSR count). The number of nitrogens with zero attached hydrogens (tertiary/aromatic N) is 1. The first-order chi connectivity index (χ1) is 13.0. The van der Waals surface area contributed by atoms with E-state index in [1.165, 1.54) is 23.9 Å². The minimum absolute atomic E-state index is 0.00329. The van der Waals surface area contributed by atoms with Crippen molar-refractivity contribution in [2.45, 2.75) is 17.9 Å². The quantitative estimate of drug-likeness (QED) is 0.217. The van der Waals surface area contributed by atoms with E-state index in [0.717, 1.165) is 10.9 Å². The Labute approximate surface area is 158 Å². The van der Waals surface area contributed by atoms with Gasteiger partial charge in [-0.25, -0.2) is 0 Å². The van der Waals surface area contributed by atoms with Crippen molar-refractivity contribution in [3.8, 4) is 0 Å². The zero-order valence-electron chi connectivity index (χ0n) is 14.4. The zero-order valence-corrected chi connectivity index (χ0v) is 15.2. The highest BCUT2D eigenvalue weighted by molar-refractivity contribution is 8.00. The number of benzene rings is 2. The first kappa shape index (κ1) is 18.7. The van der Waals surface area contributed by atoms with Gasteiger partial charge in [0.2, 0.25) is 5.78 Å². The first-order valence-corrected chi connectivity index (χ1v) is 9.11. The van der Waals surface area contributed by atoms with Crippen LogP contribution < -0.4 is 0 Å². The molecule has 7 nitrogen and oxygen atoms in total. The van der Waals surface area contributed by atoms with Crippen molar-refractivity contribution in [2.75, 3.05) is 5.75 Å². The third kappa shape index (κ3) is 4.35. The van der Waals surface area contributed by atoms with Crippen LogP contribution >= 0.6 is 11.8 Å². The minimum atomic E-state index is -0.908. The normalized spacial score (nSPS) is 11.9. The number of nitrogens with one attached hydrogen (secondary N) is 1. The van der Waals surface area contributed by atoms with Gasteiger partial charge in [-0.05, 0) is 25.1 Å². The number of para-hydroxylation sites is 1. The molecule has 0 spiro atoms. The minimum Gasteiger partial charge on any atom is -0.454 e. The van der Waals surface area contributed by atoms with E-state index in [2.05, 4.69) is 4.98 Å². The second-order valence-corrected chi connectivity index (χ2v) is 6.83. The molecular formula is C19H16N2O5S. The van der Waals surface area contributed by atoms with E-state index >= 15 is 0 Å². The number of hydrogen-bond donors (Lipinski definition) is 1. The molecule has 1 aromatic heterocycles. The Balaban J connectivity index is 1.57. The fourth-order valence-electron chi connectivity index (χ4n) is 2.59. The Morgan fingerprint density at radius 1 is 1.19 bits per heavy atom. The molecule has 138 valence electrons. The highest BCUT2D eigenvalue weighted by Gasteiger charge is 2.22. The number of fused-ring (bicyclic) bond motifs is 1. The van der Waals surface area contributed by atoms with Crippen LogP contribution in [0.3, 0.4) is 0 Å². The number of carbonyl (C=O) groups excluding carboxylic acids is 2. The number of thioether (sulfide) groups is 1. The number of rotatable bonds is 7. The largest absolute Gasteiger partial charge is 0.454 e. The summed E-state index contributed by atoms with van der Waals surface area (Å²) in [6, 6.07) is 13.3. The van der Waals surface area contributed by atoms with Crippen LogP contribution in [0.4, 0.5) is 5.69 Å². The molecule has 1 N–H and O–H groups in total. The SMILES string of the molecule is C[C@H](OC(=O)CSc1ccc([N+](=O)[O-])cc1)C(=O)c1c[nH]c2ccccc12. The van der Waals surface area contributed by atoms with Crippen LogP contribution in [0.25, 0.3) is 10.9 Å². The summed E-state index contributed by atoms with van der Waals surface area (Å²) >= 11 is 1.19. The van der Waals surface area contributed by atoms with Crippen LogP contribution in [0, 0.1) is 10.1 Å². The predicted molar refractivity (Wildman–Crippen MR) is 102 cm³/mol. The topological polar surface area (TPSA) is 102 Å². The lowest BCUT2D eigenvalue weighted by Crippen LogP contribution is -2.25. The Morgan fingerprint density at radius 3 is 2.59 bits per heavy atom. The number of aromatic nitrogens is 1. The maximum atomic E-state index is 12.6. The zero-order chi connectivity index (χ0) is 19.4. The molecule has 0 bridgehead atoms. The molecule has 1 atom stereocenters. The van der Waals surface area contributed by atoms with Gasteiger partial charge < -0.3 is 9.72 Å². The molecule has 0 aliphatic heterocycles. The van der Waals surface area contributed by atoms with Gasteiger partial charge in [-0.3, -0.25) is 19.7 Å². The molecule has 0 aliphatic carbocycles. The van der Waals surface area contributed by atoms with Crippen molar-refractivity contribution < 1.29 is 19.2 Å². The van der Waals surface area contributed by atoms with Gasteiger partial charge in [0.15, 0.2) is 6.10 Å². The van der Waals surface area contributed by atoms with E-state index in [9.17, 15) is 19.7 Å². The van der Waals surface area contributed by atoms with Gasteiger partial charge in [-0.15, -0.1) is 11.8 Å². The Kier molecular flexibility index (Phi) is 5.56. The Hall–Kier alpha value is -3.13. The second-order valence-electron chi connectivity index (χ2n) is 5.78. The summed E-state index contributed by atoms with van der Waals surface area (Å²) in [5.41, 5.74) is 1.31. The van der Waals surface area contributed by atoms with Gasteiger partial charge in [0.05, 0.1) is 10.7 Å². The fourth-order valence-corrected chi connectivity index (χ4v) is 3.27. The summed E-state index contributed by atoms with van der Waals surface area (Å²) in [6.45, 7) is 1.54. The number of ketones is 1. The van der Waals surface area contributed by atoms with E-state index in [1.807, 2.05) is 24.3 Å². The number of H-pyrrole nitrogens is 1. The molecule has 0 saturated carbocycles. The van der Waals surface area contributed by atoms with Crippen molar-refractivity contribution in [1.29, 1.82) is 0 Å². The molecule has 3 aromatic rings. The number of nitro groups is 1. The van der Waals surface area contributed by atoms with Crippen LogP contribution in [0.1, 0.15) is 17.3 Å². The Bertz CT molecular complexity index is 997. The number of ether oxygens (including phenoxy) is 1. The molecule has 27 heavy (non-hydrogen) atoms. The molecule has 0 fully saturated rings. The van der Waals surface area contributed by atoms with E-state index in [-0.39, 0.29) is 17.2 Å². The summed E-state index contributed by atoms with van der Waals surface area (Å²) in [5.74, 6) is -0.802. The number of aromatic amines is 1. The van der Waals surface area contributed by atoms with Crippen molar-refractivity contribution in [3.05, 3.63) is 70.4 Å². The molecule has 2 aromatic carbocycles. The summed E-state index contributed by atoms with van der Waals surface area (Å²) in [4.78, 5) is 38.5. The monoisotopic (exact) mass is 384 g/mol. The molecule has 8 heteroatoms. The molecule has 0 saturated heterocycles. The van der Waals surface area contributed by atoms with Gasteiger partial charge in [0.25, 0.3) is 5.69 Å². The van der Waals surface area contributed by atoms with Gasteiger partial charge in [-0.2, -0.15) is 0 Å².